The van der Waals surface area contributed by atoms with Gasteiger partial charge in [-0.15, -0.1) is 0 Å². The molecule has 0 amide bonds. The lowest BCUT2D eigenvalue weighted by molar-refractivity contribution is 0.0519. The maximum Gasteiger partial charge on any atom is 0.188 e. The molecule has 0 aliphatic heterocycles. The van der Waals surface area contributed by atoms with Gasteiger partial charge in [0, 0.05) is 18.0 Å². The fraction of sp³-hybridized carbons (Fsp3) is 0.208. The van der Waals surface area contributed by atoms with E-state index in [0.717, 1.165) is 33.9 Å². The number of methoxy groups -OCH3 is 1. The van der Waals surface area contributed by atoms with Gasteiger partial charge < -0.3 is 9.47 Å². The van der Waals surface area contributed by atoms with Crippen LogP contribution >= 0.6 is 8.58 Å². The minimum atomic E-state index is 0.0889. The topological polar surface area (TPSA) is 35.5 Å². The van der Waals surface area contributed by atoms with Crippen LogP contribution in [0, 0.1) is 6.92 Å². The summed E-state index contributed by atoms with van der Waals surface area (Å²) in [6.07, 6.45) is 0.857. The summed E-state index contributed by atoms with van der Waals surface area (Å²) in [5, 5.41) is 2.12. The van der Waals surface area contributed by atoms with Gasteiger partial charge in [0.1, 0.15) is 5.75 Å². The zero-order valence-corrected chi connectivity index (χ0v) is 17.5. The third-order valence-electron chi connectivity index (χ3n) is 4.45. The lowest BCUT2D eigenvalue weighted by Crippen LogP contribution is -2.15. The molecule has 0 aromatic heterocycles. The second kappa shape index (κ2) is 9.64. The smallest absolute Gasteiger partial charge is 0.188 e. The van der Waals surface area contributed by atoms with Crippen LogP contribution in [0.15, 0.2) is 66.7 Å². The molecule has 144 valence electrons. The Bertz CT molecular complexity index is 951. The molecule has 0 heterocycles. The molecule has 3 aromatic carbocycles. The third kappa shape index (κ3) is 5.28. The maximum absolute atomic E-state index is 12.1. The Labute approximate surface area is 168 Å². The Morgan fingerprint density at radius 3 is 2.43 bits per heavy atom. The average molecular weight is 392 g/mol. The van der Waals surface area contributed by atoms with Gasteiger partial charge in [0.25, 0.3) is 0 Å². The van der Waals surface area contributed by atoms with E-state index in [-0.39, 0.29) is 12.6 Å². The molecule has 0 saturated heterocycles. The summed E-state index contributed by atoms with van der Waals surface area (Å²) in [6, 6.07) is 22.7. The first-order valence-electron chi connectivity index (χ1n) is 9.24. The standard InChI is InChI=1S/C24H25O3P/c1-17-9-12-23(21(13-17)18(2)25)28-24-15-20(10-11-22(24)27-16-26-3)14-19-7-5-4-6-8-19/h4-13,15,28H,14,16H2,1-3H3. The van der Waals surface area contributed by atoms with Crippen LogP contribution in [-0.4, -0.2) is 19.7 Å². The summed E-state index contributed by atoms with van der Waals surface area (Å²) in [4.78, 5) is 12.1. The van der Waals surface area contributed by atoms with Gasteiger partial charge >= 0.3 is 0 Å². The Kier molecular flexibility index (Phi) is 6.97. The molecule has 3 nitrogen and oxygen atoms in total. The van der Waals surface area contributed by atoms with Crippen molar-refractivity contribution in [2.24, 2.45) is 0 Å². The molecule has 1 unspecified atom stereocenters. The maximum atomic E-state index is 12.1. The first-order valence-corrected chi connectivity index (χ1v) is 10.2. The number of Topliss-reactive ketones (excluding diaryl/α,β-unsaturated/α-hetero) is 1. The molecule has 4 heteroatoms. The highest BCUT2D eigenvalue weighted by Crippen LogP contribution is 2.24. The largest absolute Gasteiger partial charge is 0.467 e. The zero-order chi connectivity index (χ0) is 19.9. The average Bonchev–Trinajstić information content (AvgIpc) is 2.69. The van der Waals surface area contributed by atoms with Gasteiger partial charge in [-0.1, -0.05) is 62.7 Å². The van der Waals surface area contributed by atoms with Crippen molar-refractivity contribution in [1.29, 1.82) is 0 Å². The molecular weight excluding hydrogens is 367 g/mol. The van der Waals surface area contributed by atoms with Gasteiger partial charge in [-0.05, 0) is 54.9 Å². The van der Waals surface area contributed by atoms with Gasteiger partial charge in [-0.2, -0.15) is 0 Å². The zero-order valence-electron chi connectivity index (χ0n) is 16.5. The number of hydrogen-bond acceptors (Lipinski definition) is 3. The minimum absolute atomic E-state index is 0.0889. The quantitative estimate of drug-likeness (QED) is 0.324. The molecule has 0 aliphatic carbocycles. The molecule has 0 aliphatic rings. The van der Waals surface area contributed by atoms with Crippen LogP contribution < -0.4 is 15.3 Å². The predicted octanol–water partition coefficient (Wildman–Crippen LogP) is 4.40. The van der Waals surface area contributed by atoms with Crippen molar-refractivity contribution in [2.45, 2.75) is 20.3 Å². The highest BCUT2D eigenvalue weighted by atomic mass is 31.1. The van der Waals surface area contributed by atoms with Gasteiger partial charge in [-0.3, -0.25) is 4.79 Å². The number of carbonyl (C=O) groups excluding carboxylic acids is 1. The van der Waals surface area contributed by atoms with Crippen molar-refractivity contribution in [1.82, 2.24) is 0 Å². The van der Waals surface area contributed by atoms with Crippen molar-refractivity contribution in [3.8, 4) is 5.75 Å². The molecule has 0 saturated carbocycles. The monoisotopic (exact) mass is 392 g/mol. The van der Waals surface area contributed by atoms with Crippen LogP contribution in [0.25, 0.3) is 0 Å². The summed E-state index contributed by atoms with van der Waals surface area (Å²) >= 11 is 0. The Balaban J connectivity index is 1.95. The molecule has 28 heavy (non-hydrogen) atoms. The Morgan fingerprint density at radius 2 is 1.71 bits per heavy atom. The number of benzene rings is 3. The van der Waals surface area contributed by atoms with Crippen LogP contribution in [0.2, 0.25) is 0 Å². The summed E-state index contributed by atoms with van der Waals surface area (Å²) in [6.45, 7) is 3.83. The number of hydrogen-bond donors (Lipinski definition) is 0. The highest BCUT2D eigenvalue weighted by Gasteiger charge is 2.12. The highest BCUT2D eigenvalue weighted by molar-refractivity contribution is 7.56. The van der Waals surface area contributed by atoms with Crippen LogP contribution in [0.1, 0.15) is 34.0 Å². The number of ketones is 1. The molecular formula is C24H25O3P. The molecule has 3 rings (SSSR count). The van der Waals surface area contributed by atoms with E-state index in [4.69, 9.17) is 9.47 Å². The lowest BCUT2D eigenvalue weighted by atomic mass is 10.1. The van der Waals surface area contributed by atoms with E-state index in [2.05, 4.69) is 48.5 Å². The fourth-order valence-electron chi connectivity index (χ4n) is 3.07. The van der Waals surface area contributed by atoms with Crippen LogP contribution in [-0.2, 0) is 11.2 Å². The molecule has 0 bridgehead atoms. The van der Waals surface area contributed by atoms with E-state index in [1.165, 1.54) is 11.1 Å². The number of rotatable bonds is 8. The first-order chi connectivity index (χ1) is 13.6. The summed E-state index contributed by atoms with van der Waals surface area (Å²) in [5.74, 6) is 0.887. The van der Waals surface area contributed by atoms with E-state index in [0.29, 0.717) is 8.58 Å². The summed E-state index contributed by atoms with van der Waals surface area (Å²) in [5.41, 5.74) is 4.36. The number of carbonyl (C=O) groups is 1. The van der Waals surface area contributed by atoms with Crippen LogP contribution in [0.5, 0.6) is 5.75 Å². The molecule has 0 N–H and O–H groups in total. The van der Waals surface area contributed by atoms with Crippen LogP contribution in [0.3, 0.4) is 0 Å². The second-order valence-corrected chi connectivity index (χ2v) is 8.10. The predicted molar refractivity (Wildman–Crippen MR) is 117 cm³/mol. The molecule has 3 aromatic rings. The van der Waals surface area contributed by atoms with Crippen LogP contribution in [0.4, 0.5) is 0 Å². The third-order valence-corrected chi connectivity index (χ3v) is 5.82. The normalized spacial score (nSPS) is 11.1. The van der Waals surface area contributed by atoms with Crippen molar-refractivity contribution in [2.75, 3.05) is 13.9 Å². The van der Waals surface area contributed by atoms with E-state index in [9.17, 15) is 4.79 Å². The Hall–Kier alpha value is -2.48. The van der Waals surface area contributed by atoms with E-state index < -0.39 is 0 Å². The number of ether oxygens (including phenoxy) is 2. The summed E-state index contributed by atoms with van der Waals surface area (Å²) in [7, 11) is 1.94. The van der Waals surface area contributed by atoms with E-state index in [1.807, 2.05) is 25.1 Å². The van der Waals surface area contributed by atoms with Crippen molar-refractivity contribution >= 4 is 25.0 Å². The van der Waals surface area contributed by atoms with Gasteiger partial charge in [0.05, 0.1) is 0 Å². The fourth-order valence-corrected chi connectivity index (χ4v) is 4.44. The van der Waals surface area contributed by atoms with Gasteiger partial charge in [0.15, 0.2) is 12.6 Å². The molecule has 0 spiro atoms. The minimum Gasteiger partial charge on any atom is -0.467 e. The van der Waals surface area contributed by atoms with Crippen molar-refractivity contribution in [3.63, 3.8) is 0 Å². The van der Waals surface area contributed by atoms with Gasteiger partial charge in [0.2, 0.25) is 0 Å². The van der Waals surface area contributed by atoms with Crippen molar-refractivity contribution in [3.05, 3.63) is 89.0 Å². The lowest BCUT2D eigenvalue weighted by Gasteiger charge is -2.15. The Morgan fingerprint density at radius 1 is 0.929 bits per heavy atom. The SMILES string of the molecule is COCOc1ccc(Cc2ccccc2)cc1Pc1ccc(C)cc1C(C)=O. The summed E-state index contributed by atoms with van der Waals surface area (Å²) < 4.78 is 10.9. The van der Waals surface area contributed by atoms with E-state index in [1.54, 1.807) is 14.0 Å². The molecule has 1 atom stereocenters. The molecule has 0 fully saturated rings. The van der Waals surface area contributed by atoms with E-state index >= 15 is 0 Å². The first kappa shape index (κ1) is 20.3. The second-order valence-electron chi connectivity index (χ2n) is 6.77. The number of aryl methyl sites for hydroxylation is 1. The van der Waals surface area contributed by atoms with Gasteiger partial charge in [-0.25, -0.2) is 0 Å². The molecule has 0 radical (unpaired) electrons. The van der Waals surface area contributed by atoms with Crippen molar-refractivity contribution < 1.29 is 14.3 Å².